The van der Waals surface area contributed by atoms with E-state index in [0.717, 1.165) is 25.7 Å². The third-order valence-electron chi connectivity index (χ3n) is 4.75. The molecule has 2 amide bonds. The van der Waals surface area contributed by atoms with Crippen LogP contribution in [-0.4, -0.2) is 55.7 Å². The van der Waals surface area contributed by atoms with Crippen molar-refractivity contribution in [1.29, 1.82) is 0 Å². The van der Waals surface area contributed by atoms with Gasteiger partial charge in [0.1, 0.15) is 11.9 Å². The summed E-state index contributed by atoms with van der Waals surface area (Å²) in [5.74, 6) is 0.370. The Morgan fingerprint density at radius 1 is 1.28 bits per heavy atom. The lowest BCUT2D eigenvalue weighted by Crippen LogP contribution is -2.49. The number of likely N-dealkylation sites (tertiary alicyclic amines) is 1. The van der Waals surface area contributed by atoms with Crippen LogP contribution in [0.15, 0.2) is 18.2 Å². The summed E-state index contributed by atoms with van der Waals surface area (Å²) in [5.41, 5.74) is 0.424. The van der Waals surface area contributed by atoms with Crippen molar-refractivity contribution in [2.45, 2.75) is 37.8 Å². The van der Waals surface area contributed by atoms with Crippen molar-refractivity contribution in [1.82, 2.24) is 10.2 Å². The van der Waals surface area contributed by atoms with E-state index in [2.05, 4.69) is 5.32 Å². The molecule has 1 N–H and O–H groups in total. The van der Waals surface area contributed by atoms with Gasteiger partial charge in [0.05, 0.1) is 12.7 Å². The van der Waals surface area contributed by atoms with Gasteiger partial charge in [-0.05, 0) is 43.9 Å². The third kappa shape index (κ3) is 4.25. The van der Waals surface area contributed by atoms with Gasteiger partial charge in [0.25, 0.3) is 11.8 Å². The third-order valence-corrected chi connectivity index (χ3v) is 4.99. The minimum absolute atomic E-state index is 0.0322. The molecule has 0 saturated carbocycles. The van der Waals surface area contributed by atoms with Crippen LogP contribution in [-0.2, 0) is 9.53 Å². The van der Waals surface area contributed by atoms with Gasteiger partial charge in [-0.3, -0.25) is 9.59 Å². The van der Waals surface area contributed by atoms with Gasteiger partial charge in [0, 0.05) is 30.8 Å². The van der Waals surface area contributed by atoms with Crippen molar-refractivity contribution < 1.29 is 19.1 Å². The average molecular weight is 367 g/mol. The molecule has 0 bridgehead atoms. The van der Waals surface area contributed by atoms with Crippen molar-refractivity contribution in [2.24, 2.45) is 0 Å². The summed E-state index contributed by atoms with van der Waals surface area (Å²) in [6, 6.07) is 5.00. The molecule has 0 aliphatic carbocycles. The van der Waals surface area contributed by atoms with Gasteiger partial charge in [-0.2, -0.15) is 0 Å². The zero-order valence-electron chi connectivity index (χ0n) is 14.3. The summed E-state index contributed by atoms with van der Waals surface area (Å²) >= 11 is 5.99. The molecule has 3 rings (SSSR count). The first-order valence-corrected chi connectivity index (χ1v) is 9.01. The number of benzene rings is 1. The van der Waals surface area contributed by atoms with Crippen LogP contribution in [0.2, 0.25) is 5.02 Å². The monoisotopic (exact) mass is 366 g/mol. The van der Waals surface area contributed by atoms with Gasteiger partial charge in [0.15, 0.2) is 0 Å². The second kappa shape index (κ2) is 8.06. The smallest absolute Gasteiger partial charge is 0.255 e. The molecule has 0 aromatic heterocycles. The fourth-order valence-corrected chi connectivity index (χ4v) is 3.51. The minimum atomic E-state index is -0.276. The number of piperidine rings is 1. The van der Waals surface area contributed by atoms with Crippen LogP contribution in [0.3, 0.4) is 0 Å². The van der Waals surface area contributed by atoms with Gasteiger partial charge in [-0.25, -0.2) is 0 Å². The number of hydrogen-bond donors (Lipinski definition) is 1. The second-order valence-electron chi connectivity index (χ2n) is 6.42. The topological polar surface area (TPSA) is 67.9 Å². The van der Waals surface area contributed by atoms with E-state index in [1.54, 1.807) is 18.2 Å². The standard InChI is InChI=1S/C18H23ClN2O4/c1-24-15-5-4-12(19)11-14(15)17(22)20-13-6-8-21(9-7-13)18(23)16-3-2-10-25-16/h4-5,11,13,16H,2-3,6-10H2,1H3,(H,20,22). The predicted octanol–water partition coefficient (Wildman–Crippen LogP) is 2.25. The van der Waals surface area contributed by atoms with E-state index in [1.165, 1.54) is 7.11 Å². The van der Waals surface area contributed by atoms with Crippen LogP contribution >= 0.6 is 11.6 Å². The first-order valence-electron chi connectivity index (χ1n) is 8.63. The van der Waals surface area contributed by atoms with Crippen molar-refractivity contribution in [3.05, 3.63) is 28.8 Å². The molecule has 25 heavy (non-hydrogen) atoms. The maximum Gasteiger partial charge on any atom is 0.255 e. The highest BCUT2D eigenvalue weighted by atomic mass is 35.5. The average Bonchev–Trinajstić information content (AvgIpc) is 3.16. The summed E-state index contributed by atoms with van der Waals surface area (Å²) in [5, 5.41) is 3.51. The Morgan fingerprint density at radius 3 is 2.68 bits per heavy atom. The number of methoxy groups -OCH3 is 1. The molecular formula is C18H23ClN2O4. The van der Waals surface area contributed by atoms with Crippen LogP contribution in [0.25, 0.3) is 0 Å². The lowest BCUT2D eigenvalue weighted by molar-refractivity contribution is -0.142. The Balaban J connectivity index is 1.54. The Labute approximate surface area is 152 Å². The molecule has 1 aromatic carbocycles. The van der Waals surface area contributed by atoms with E-state index in [0.29, 0.717) is 36.0 Å². The highest BCUT2D eigenvalue weighted by molar-refractivity contribution is 6.31. The molecular weight excluding hydrogens is 344 g/mol. The Kier molecular flexibility index (Phi) is 5.81. The fourth-order valence-electron chi connectivity index (χ4n) is 3.34. The van der Waals surface area contributed by atoms with E-state index in [9.17, 15) is 9.59 Å². The van der Waals surface area contributed by atoms with Crippen molar-refractivity contribution >= 4 is 23.4 Å². The number of nitrogens with zero attached hydrogens (tertiary/aromatic N) is 1. The lowest BCUT2D eigenvalue weighted by atomic mass is 10.0. The molecule has 2 aliphatic heterocycles. The fraction of sp³-hybridized carbons (Fsp3) is 0.556. The van der Waals surface area contributed by atoms with Crippen molar-refractivity contribution in [3.63, 3.8) is 0 Å². The number of halogens is 1. The molecule has 2 saturated heterocycles. The van der Waals surface area contributed by atoms with Crippen LogP contribution in [0, 0.1) is 0 Å². The quantitative estimate of drug-likeness (QED) is 0.887. The Morgan fingerprint density at radius 2 is 2.04 bits per heavy atom. The second-order valence-corrected chi connectivity index (χ2v) is 6.86. The number of carbonyl (C=O) groups is 2. The summed E-state index contributed by atoms with van der Waals surface area (Å²) in [6.07, 6.45) is 2.94. The van der Waals surface area contributed by atoms with Gasteiger partial charge in [0.2, 0.25) is 0 Å². The normalized spacial score (nSPS) is 21.2. The summed E-state index contributed by atoms with van der Waals surface area (Å²) in [6.45, 7) is 1.94. The number of ether oxygens (including phenoxy) is 2. The number of nitrogens with one attached hydrogen (secondary N) is 1. The largest absolute Gasteiger partial charge is 0.496 e. The predicted molar refractivity (Wildman–Crippen MR) is 94.0 cm³/mol. The van der Waals surface area contributed by atoms with E-state index in [1.807, 2.05) is 4.90 Å². The molecule has 6 nitrogen and oxygen atoms in total. The zero-order chi connectivity index (χ0) is 17.8. The first-order chi connectivity index (χ1) is 12.1. The molecule has 136 valence electrons. The van der Waals surface area contributed by atoms with Gasteiger partial charge >= 0.3 is 0 Å². The molecule has 2 fully saturated rings. The van der Waals surface area contributed by atoms with E-state index in [-0.39, 0.29) is 24.0 Å². The van der Waals surface area contributed by atoms with Crippen LogP contribution in [0.1, 0.15) is 36.0 Å². The number of hydrogen-bond acceptors (Lipinski definition) is 4. The van der Waals surface area contributed by atoms with Gasteiger partial charge in [-0.1, -0.05) is 11.6 Å². The first kappa shape index (κ1) is 18.0. The molecule has 2 aliphatic rings. The highest BCUT2D eigenvalue weighted by Crippen LogP contribution is 2.23. The molecule has 1 unspecified atom stereocenters. The zero-order valence-corrected chi connectivity index (χ0v) is 15.1. The number of carbonyl (C=O) groups excluding carboxylic acids is 2. The molecule has 0 spiro atoms. The number of rotatable bonds is 4. The Bertz CT molecular complexity index is 638. The van der Waals surface area contributed by atoms with Crippen molar-refractivity contribution in [2.75, 3.05) is 26.8 Å². The van der Waals surface area contributed by atoms with E-state index >= 15 is 0 Å². The van der Waals surface area contributed by atoms with Crippen LogP contribution in [0.5, 0.6) is 5.75 Å². The lowest BCUT2D eigenvalue weighted by Gasteiger charge is -2.33. The maximum absolute atomic E-state index is 12.5. The minimum Gasteiger partial charge on any atom is -0.496 e. The van der Waals surface area contributed by atoms with E-state index in [4.69, 9.17) is 21.1 Å². The van der Waals surface area contributed by atoms with Gasteiger partial charge < -0.3 is 19.7 Å². The molecule has 0 radical (unpaired) electrons. The molecule has 1 aromatic rings. The summed E-state index contributed by atoms with van der Waals surface area (Å²) < 4.78 is 10.7. The number of amides is 2. The SMILES string of the molecule is COc1ccc(Cl)cc1C(=O)NC1CCN(C(=O)C2CCCO2)CC1. The van der Waals surface area contributed by atoms with Gasteiger partial charge in [-0.15, -0.1) is 0 Å². The molecule has 7 heteroatoms. The van der Waals surface area contributed by atoms with Crippen LogP contribution < -0.4 is 10.1 Å². The van der Waals surface area contributed by atoms with Crippen LogP contribution in [0.4, 0.5) is 0 Å². The Hall–Kier alpha value is -1.79. The molecule has 1 atom stereocenters. The highest BCUT2D eigenvalue weighted by Gasteiger charge is 2.31. The molecule has 2 heterocycles. The van der Waals surface area contributed by atoms with E-state index < -0.39 is 0 Å². The maximum atomic E-state index is 12.5. The van der Waals surface area contributed by atoms with Crippen molar-refractivity contribution in [3.8, 4) is 5.75 Å². The summed E-state index contributed by atoms with van der Waals surface area (Å²) in [7, 11) is 1.52. The summed E-state index contributed by atoms with van der Waals surface area (Å²) in [4.78, 5) is 26.7.